The van der Waals surface area contributed by atoms with E-state index in [2.05, 4.69) is 4.98 Å². The van der Waals surface area contributed by atoms with Crippen LogP contribution in [0.3, 0.4) is 0 Å². The van der Waals surface area contributed by atoms with Gasteiger partial charge < -0.3 is 15.1 Å². The predicted octanol–water partition coefficient (Wildman–Crippen LogP) is 3.26. The number of benzene rings is 2. The standard InChI is InChI=1S/C21H19N3O3/c1-12-11-14(7-8-15(12)20(22)25)21(26)24-10-9-17-19(27-13(2)23-17)16-5-3-4-6-18(16)24/h3-8,11H,9-10H2,1-2H3,(H2,22,25). The number of amides is 2. The van der Waals surface area contributed by atoms with E-state index in [1.807, 2.05) is 31.2 Å². The van der Waals surface area contributed by atoms with Crippen LogP contribution in [0.25, 0.3) is 11.3 Å². The Morgan fingerprint density at radius 2 is 1.93 bits per heavy atom. The van der Waals surface area contributed by atoms with Gasteiger partial charge in [-0.1, -0.05) is 12.1 Å². The van der Waals surface area contributed by atoms with Crippen molar-refractivity contribution in [1.29, 1.82) is 0 Å². The molecular formula is C21H19N3O3. The lowest BCUT2D eigenvalue weighted by Crippen LogP contribution is -2.32. The van der Waals surface area contributed by atoms with Crippen LogP contribution in [-0.4, -0.2) is 23.3 Å². The Labute approximate surface area is 156 Å². The number of carbonyl (C=O) groups excluding carboxylic acids is 2. The van der Waals surface area contributed by atoms with E-state index in [1.54, 1.807) is 30.0 Å². The maximum atomic E-state index is 13.2. The molecule has 0 radical (unpaired) electrons. The van der Waals surface area contributed by atoms with Crippen LogP contribution in [0.4, 0.5) is 5.69 Å². The van der Waals surface area contributed by atoms with Gasteiger partial charge in [0.1, 0.15) is 0 Å². The van der Waals surface area contributed by atoms with Crippen molar-refractivity contribution in [3.8, 4) is 11.3 Å². The minimum atomic E-state index is -0.502. The Bertz CT molecular complexity index is 1070. The van der Waals surface area contributed by atoms with Crippen molar-refractivity contribution in [2.24, 2.45) is 5.73 Å². The third-order valence-electron chi connectivity index (χ3n) is 4.80. The largest absolute Gasteiger partial charge is 0.441 e. The van der Waals surface area contributed by atoms with Crippen LogP contribution in [0.15, 0.2) is 46.9 Å². The summed E-state index contributed by atoms with van der Waals surface area (Å²) in [7, 11) is 0. The minimum absolute atomic E-state index is 0.136. The van der Waals surface area contributed by atoms with Crippen molar-refractivity contribution in [3.05, 3.63) is 70.7 Å². The van der Waals surface area contributed by atoms with Gasteiger partial charge in [-0.15, -0.1) is 0 Å². The SMILES string of the molecule is Cc1nc2c(o1)-c1ccccc1N(C(=O)c1ccc(C(N)=O)c(C)c1)CC2. The first kappa shape index (κ1) is 17.0. The Balaban J connectivity index is 1.77. The minimum Gasteiger partial charge on any atom is -0.441 e. The summed E-state index contributed by atoms with van der Waals surface area (Å²) >= 11 is 0. The molecule has 0 aliphatic carbocycles. The fraction of sp³-hybridized carbons (Fsp3) is 0.190. The fourth-order valence-corrected chi connectivity index (χ4v) is 3.53. The van der Waals surface area contributed by atoms with Gasteiger partial charge in [0.15, 0.2) is 11.7 Å². The average molecular weight is 361 g/mol. The zero-order chi connectivity index (χ0) is 19.1. The molecule has 0 fully saturated rings. The molecule has 2 heterocycles. The highest BCUT2D eigenvalue weighted by Gasteiger charge is 2.28. The van der Waals surface area contributed by atoms with E-state index in [-0.39, 0.29) is 5.91 Å². The quantitative estimate of drug-likeness (QED) is 0.759. The number of aryl methyl sites for hydroxylation is 2. The van der Waals surface area contributed by atoms with E-state index >= 15 is 0 Å². The first-order valence-electron chi connectivity index (χ1n) is 8.73. The molecule has 1 aliphatic heterocycles. The number of nitrogens with two attached hydrogens (primary N) is 1. The second-order valence-electron chi connectivity index (χ2n) is 6.63. The maximum absolute atomic E-state index is 13.2. The van der Waals surface area contributed by atoms with Crippen LogP contribution in [0.1, 0.15) is 37.9 Å². The number of hydrogen-bond donors (Lipinski definition) is 1. The zero-order valence-electron chi connectivity index (χ0n) is 15.2. The van der Waals surface area contributed by atoms with Gasteiger partial charge in [-0.3, -0.25) is 9.59 Å². The maximum Gasteiger partial charge on any atom is 0.258 e. The summed E-state index contributed by atoms with van der Waals surface area (Å²) in [6.45, 7) is 4.09. The summed E-state index contributed by atoms with van der Waals surface area (Å²) in [6.07, 6.45) is 0.603. The monoisotopic (exact) mass is 361 g/mol. The first-order chi connectivity index (χ1) is 13.0. The van der Waals surface area contributed by atoms with Crippen molar-refractivity contribution in [3.63, 3.8) is 0 Å². The summed E-state index contributed by atoms with van der Waals surface area (Å²) < 4.78 is 5.81. The fourth-order valence-electron chi connectivity index (χ4n) is 3.53. The van der Waals surface area contributed by atoms with Crippen LogP contribution >= 0.6 is 0 Å². The number of rotatable bonds is 2. The van der Waals surface area contributed by atoms with Crippen LogP contribution in [0, 0.1) is 13.8 Å². The summed E-state index contributed by atoms with van der Waals surface area (Å²) in [5.74, 6) is 0.701. The van der Waals surface area contributed by atoms with E-state index in [0.717, 1.165) is 22.7 Å². The summed E-state index contributed by atoms with van der Waals surface area (Å²) in [5, 5.41) is 0. The number of para-hydroxylation sites is 1. The van der Waals surface area contributed by atoms with Crippen molar-refractivity contribution in [2.45, 2.75) is 20.3 Å². The molecule has 0 bridgehead atoms. The number of fused-ring (bicyclic) bond motifs is 3. The third-order valence-corrected chi connectivity index (χ3v) is 4.80. The molecule has 6 nitrogen and oxygen atoms in total. The van der Waals surface area contributed by atoms with Gasteiger partial charge in [0.05, 0.1) is 11.4 Å². The number of carbonyl (C=O) groups is 2. The van der Waals surface area contributed by atoms with Gasteiger partial charge in [0.2, 0.25) is 5.91 Å². The summed E-state index contributed by atoms with van der Waals surface area (Å²) in [4.78, 5) is 30.9. The average Bonchev–Trinajstić information content (AvgIpc) is 2.95. The number of anilines is 1. The molecule has 1 aromatic heterocycles. The Kier molecular flexibility index (Phi) is 4.03. The van der Waals surface area contributed by atoms with E-state index in [4.69, 9.17) is 10.2 Å². The van der Waals surface area contributed by atoms with Crippen molar-refractivity contribution in [1.82, 2.24) is 4.98 Å². The Morgan fingerprint density at radius 3 is 2.67 bits per heavy atom. The van der Waals surface area contributed by atoms with E-state index in [9.17, 15) is 9.59 Å². The molecule has 4 rings (SSSR count). The zero-order valence-corrected chi connectivity index (χ0v) is 15.2. The second-order valence-corrected chi connectivity index (χ2v) is 6.63. The van der Waals surface area contributed by atoms with Crippen molar-refractivity contribution < 1.29 is 14.0 Å². The van der Waals surface area contributed by atoms with Crippen molar-refractivity contribution in [2.75, 3.05) is 11.4 Å². The van der Waals surface area contributed by atoms with Gasteiger partial charge in [0.25, 0.3) is 5.91 Å². The highest BCUT2D eigenvalue weighted by atomic mass is 16.4. The second kappa shape index (κ2) is 6.39. The van der Waals surface area contributed by atoms with Gasteiger partial charge >= 0.3 is 0 Å². The molecule has 1 aliphatic rings. The van der Waals surface area contributed by atoms with E-state index in [1.165, 1.54) is 0 Å². The Morgan fingerprint density at radius 1 is 1.15 bits per heavy atom. The molecule has 2 amide bonds. The van der Waals surface area contributed by atoms with Gasteiger partial charge in [0, 0.05) is 36.6 Å². The molecule has 3 aromatic rings. The topological polar surface area (TPSA) is 89.4 Å². The number of hydrogen-bond acceptors (Lipinski definition) is 4. The molecule has 136 valence electrons. The molecule has 0 spiro atoms. The summed E-state index contributed by atoms with van der Waals surface area (Å²) in [6, 6.07) is 12.6. The molecule has 0 unspecified atom stereocenters. The van der Waals surface area contributed by atoms with Crippen LogP contribution in [-0.2, 0) is 6.42 Å². The predicted molar refractivity (Wildman–Crippen MR) is 102 cm³/mol. The van der Waals surface area contributed by atoms with Crippen LogP contribution < -0.4 is 10.6 Å². The van der Waals surface area contributed by atoms with E-state index in [0.29, 0.717) is 35.5 Å². The van der Waals surface area contributed by atoms with Crippen molar-refractivity contribution >= 4 is 17.5 Å². The number of aromatic nitrogens is 1. The number of primary amides is 1. The van der Waals surface area contributed by atoms with E-state index < -0.39 is 5.91 Å². The molecule has 0 saturated carbocycles. The third kappa shape index (κ3) is 2.89. The number of oxazole rings is 1. The molecule has 27 heavy (non-hydrogen) atoms. The molecule has 2 N–H and O–H groups in total. The smallest absolute Gasteiger partial charge is 0.258 e. The lowest BCUT2D eigenvalue weighted by Gasteiger charge is -2.23. The molecule has 0 saturated heterocycles. The lowest BCUT2D eigenvalue weighted by molar-refractivity contribution is 0.0980. The molecule has 0 atom stereocenters. The lowest BCUT2D eigenvalue weighted by atomic mass is 10.0. The van der Waals surface area contributed by atoms with Crippen LogP contribution in [0.5, 0.6) is 0 Å². The number of nitrogens with zero attached hydrogens (tertiary/aromatic N) is 2. The van der Waals surface area contributed by atoms with Crippen LogP contribution in [0.2, 0.25) is 0 Å². The normalized spacial score (nSPS) is 12.9. The highest BCUT2D eigenvalue weighted by molar-refractivity contribution is 6.09. The van der Waals surface area contributed by atoms with Gasteiger partial charge in [-0.05, 0) is 42.8 Å². The molecule has 6 heteroatoms. The highest BCUT2D eigenvalue weighted by Crippen LogP contribution is 2.37. The Hall–Kier alpha value is -3.41. The molecular weight excluding hydrogens is 342 g/mol. The van der Waals surface area contributed by atoms with Gasteiger partial charge in [-0.25, -0.2) is 4.98 Å². The first-order valence-corrected chi connectivity index (χ1v) is 8.73. The van der Waals surface area contributed by atoms with Gasteiger partial charge in [-0.2, -0.15) is 0 Å². The molecule has 2 aromatic carbocycles. The summed E-state index contributed by atoms with van der Waals surface area (Å²) in [5.41, 5.74) is 9.47.